The number of ether oxygens (including phenoxy) is 1. The summed E-state index contributed by atoms with van der Waals surface area (Å²) >= 11 is 0. The second kappa shape index (κ2) is 10.5. The van der Waals surface area contributed by atoms with Crippen LogP contribution in [0.4, 0.5) is 11.5 Å². The average Bonchev–Trinajstić information content (AvgIpc) is 2.67. The van der Waals surface area contributed by atoms with Crippen molar-refractivity contribution < 1.29 is 23.1 Å². The Morgan fingerprint density at radius 3 is 2.19 bits per heavy atom. The molecular formula is C22H31N3O5S. The number of nitrogens with zero attached hydrogens (tertiary/aromatic N) is 2. The Morgan fingerprint density at radius 1 is 1.13 bits per heavy atom. The number of hydrogen-bond donors (Lipinski definition) is 2. The molecule has 0 saturated carbocycles. The highest BCUT2D eigenvalue weighted by Crippen LogP contribution is 2.25. The molecule has 0 saturated heterocycles. The van der Waals surface area contributed by atoms with Gasteiger partial charge in [0.2, 0.25) is 0 Å². The van der Waals surface area contributed by atoms with E-state index in [0.717, 1.165) is 0 Å². The summed E-state index contributed by atoms with van der Waals surface area (Å²) in [6.45, 7) is 11.8. The third-order valence-electron chi connectivity index (χ3n) is 4.26. The molecule has 0 spiro atoms. The molecule has 0 radical (unpaired) electrons. The van der Waals surface area contributed by atoms with Crippen LogP contribution in [0.2, 0.25) is 0 Å². The Morgan fingerprint density at radius 2 is 1.71 bits per heavy atom. The SMILES string of the molecule is CCOc1ccc(S(=O)(=O)Nc2cnc(N(CC(C)C)CC(C)C)c(C(=O)O)c2)cc1. The number of benzene rings is 1. The number of carboxylic acid groups (broad SMARTS) is 1. The van der Waals surface area contributed by atoms with Gasteiger partial charge in [0.25, 0.3) is 10.0 Å². The molecule has 0 unspecified atom stereocenters. The van der Waals surface area contributed by atoms with Gasteiger partial charge in [-0.15, -0.1) is 0 Å². The molecule has 0 aliphatic heterocycles. The summed E-state index contributed by atoms with van der Waals surface area (Å²) in [5, 5.41) is 9.75. The van der Waals surface area contributed by atoms with Gasteiger partial charge in [-0.25, -0.2) is 18.2 Å². The molecule has 0 atom stereocenters. The van der Waals surface area contributed by atoms with Crippen molar-refractivity contribution in [3.63, 3.8) is 0 Å². The zero-order chi connectivity index (χ0) is 23.2. The van der Waals surface area contributed by atoms with Crippen molar-refractivity contribution in [3.05, 3.63) is 42.1 Å². The van der Waals surface area contributed by atoms with Crippen LogP contribution in [0.25, 0.3) is 0 Å². The number of aromatic nitrogens is 1. The lowest BCUT2D eigenvalue weighted by atomic mass is 10.1. The first-order valence-corrected chi connectivity index (χ1v) is 11.8. The fraction of sp³-hybridized carbons (Fsp3) is 0.455. The Labute approximate surface area is 184 Å². The van der Waals surface area contributed by atoms with Gasteiger partial charge >= 0.3 is 5.97 Å². The number of hydrogen-bond acceptors (Lipinski definition) is 6. The van der Waals surface area contributed by atoms with Gasteiger partial charge in [-0.1, -0.05) is 27.7 Å². The number of carboxylic acids is 1. The predicted molar refractivity (Wildman–Crippen MR) is 122 cm³/mol. The van der Waals surface area contributed by atoms with E-state index in [1.807, 2.05) is 39.5 Å². The lowest BCUT2D eigenvalue weighted by molar-refractivity contribution is 0.0697. The van der Waals surface area contributed by atoms with Crippen molar-refractivity contribution in [2.75, 3.05) is 29.3 Å². The molecule has 2 rings (SSSR count). The Balaban J connectivity index is 2.35. The van der Waals surface area contributed by atoms with E-state index in [0.29, 0.717) is 43.1 Å². The van der Waals surface area contributed by atoms with Crippen molar-refractivity contribution in [2.24, 2.45) is 11.8 Å². The summed E-state index contributed by atoms with van der Waals surface area (Å²) in [6, 6.07) is 7.31. The van der Waals surface area contributed by atoms with Gasteiger partial charge in [0.1, 0.15) is 17.1 Å². The van der Waals surface area contributed by atoms with Crippen LogP contribution in [-0.4, -0.2) is 44.2 Å². The summed E-state index contributed by atoms with van der Waals surface area (Å²) in [7, 11) is -3.91. The second-order valence-electron chi connectivity index (χ2n) is 8.10. The number of aromatic carboxylic acids is 1. The van der Waals surface area contributed by atoms with Crippen molar-refractivity contribution in [1.29, 1.82) is 0 Å². The van der Waals surface area contributed by atoms with Crippen molar-refractivity contribution >= 4 is 27.5 Å². The molecule has 2 N–H and O–H groups in total. The van der Waals surface area contributed by atoms with Crippen LogP contribution in [0.15, 0.2) is 41.4 Å². The molecule has 1 aromatic heterocycles. The zero-order valence-electron chi connectivity index (χ0n) is 18.6. The van der Waals surface area contributed by atoms with Gasteiger partial charge in [-0.2, -0.15) is 0 Å². The first kappa shape index (κ1) is 24.5. The van der Waals surface area contributed by atoms with Crippen LogP contribution in [0.1, 0.15) is 45.0 Å². The van der Waals surface area contributed by atoms with Gasteiger partial charge in [0, 0.05) is 13.1 Å². The van der Waals surface area contributed by atoms with Crippen molar-refractivity contribution in [1.82, 2.24) is 4.98 Å². The average molecular weight is 450 g/mol. The molecule has 0 bridgehead atoms. The monoisotopic (exact) mass is 449 g/mol. The molecule has 0 amide bonds. The summed E-state index contributed by atoms with van der Waals surface area (Å²) in [6.07, 6.45) is 1.35. The van der Waals surface area contributed by atoms with Crippen LogP contribution < -0.4 is 14.4 Å². The fourth-order valence-corrected chi connectivity index (χ4v) is 4.18. The van der Waals surface area contributed by atoms with Crippen LogP contribution in [0, 0.1) is 11.8 Å². The van der Waals surface area contributed by atoms with E-state index < -0.39 is 16.0 Å². The Hall–Kier alpha value is -2.81. The number of pyridine rings is 1. The van der Waals surface area contributed by atoms with E-state index in [1.54, 1.807) is 12.1 Å². The normalized spacial score (nSPS) is 11.6. The summed E-state index contributed by atoms with van der Waals surface area (Å²) in [5.74, 6) is 0.345. The molecule has 1 aromatic carbocycles. The summed E-state index contributed by atoms with van der Waals surface area (Å²) in [4.78, 5) is 18.2. The molecule has 170 valence electrons. The quantitative estimate of drug-likeness (QED) is 0.532. The molecule has 9 heteroatoms. The number of rotatable bonds is 11. The van der Waals surface area contributed by atoms with Gasteiger partial charge in [0.15, 0.2) is 0 Å². The molecule has 31 heavy (non-hydrogen) atoms. The van der Waals surface area contributed by atoms with Gasteiger partial charge in [0.05, 0.1) is 23.4 Å². The van der Waals surface area contributed by atoms with E-state index in [-0.39, 0.29) is 16.1 Å². The maximum Gasteiger partial charge on any atom is 0.339 e. The number of sulfonamides is 1. The van der Waals surface area contributed by atoms with Crippen molar-refractivity contribution in [3.8, 4) is 5.75 Å². The van der Waals surface area contributed by atoms with Crippen LogP contribution in [0.3, 0.4) is 0 Å². The van der Waals surface area contributed by atoms with E-state index >= 15 is 0 Å². The topological polar surface area (TPSA) is 109 Å². The highest BCUT2D eigenvalue weighted by molar-refractivity contribution is 7.92. The van der Waals surface area contributed by atoms with Crippen molar-refractivity contribution in [2.45, 2.75) is 39.5 Å². The maximum atomic E-state index is 12.7. The van der Waals surface area contributed by atoms with E-state index in [4.69, 9.17) is 4.74 Å². The van der Waals surface area contributed by atoms with E-state index in [1.165, 1.54) is 24.4 Å². The predicted octanol–water partition coefficient (Wildman–Crippen LogP) is 4.10. The smallest absolute Gasteiger partial charge is 0.339 e. The van der Waals surface area contributed by atoms with Crippen LogP contribution in [-0.2, 0) is 10.0 Å². The summed E-state index contributed by atoms with van der Waals surface area (Å²) in [5.41, 5.74) is 0.0391. The van der Waals surface area contributed by atoms with Crippen LogP contribution >= 0.6 is 0 Å². The van der Waals surface area contributed by atoms with Gasteiger partial charge < -0.3 is 14.7 Å². The number of nitrogens with one attached hydrogen (secondary N) is 1. The first-order valence-electron chi connectivity index (χ1n) is 10.3. The molecule has 1 heterocycles. The maximum absolute atomic E-state index is 12.7. The zero-order valence-corrected chi connectivity index (χ0v) is 19.4. The van der Waals surface area contributed by atoms with E-state index in [9.17, 15) is 18.3 Å². The third-order valence-corrected chi connectivity index (χ3v) is 5.66. The standard InChI is InChI=1S/C22H31N3O5S/c1-6-30-18-7-9-19(10-8-18)31(28,29)24-17-11-20(22(26)27)21(23-12-17)25(13-15(2)3)14-16(4)5/h7-12,15-16,24H,6,13-14H2,1-5H3,(H,26,27). The minimum absolute atomic E-state index is 0.0400. The largest absolute Gasteiger partial charge is 0.494 e. The number of anilines is 2. The third kappa shape index (κ3) is 6.85. The lowest BCUT2D eigenvalue weighted by Gasteiger charge is -2.28. The molecule has 8 nitrogen and oxygen atoms in total. The van der Waals surface area contributed by atoms with Gasteiger partial charge in [-0.3, -0.25) is 4.72 Å². The minimum atomic E-state index is -3.91. The molecule has 0 fully saturated rings. The molecule has 2 aromatic rings. The molecular weight excluding hydrogens is 418 g/mol. The highest BCUT2D eigenvalue weighted by Gasteiger charge is 2.22. The summed E-state index contributed by atoms with van der Waals surface area (Å²) < 4.78 is 33.2. The highest BCUT2D eigenvalue weighted by atomic mass is 32.2. The Kier molecular flexibility index (Phi) is 8.27. The molecule has 0 aliphatic rings. The first-order chi connectivity index (χ1) is 14.5. The molecule has 0 aliphatic carbocycles. The Bertz CT molecular complexity index is 979. The second-order valence-corrected chi connectivity index (χ2v) is 9.79. The van der Waals surface area contributed by atoms with E-state index in [2.05, 4.69) is 9.71 Å². The lowest BCUT2D eigenvalue weighted by Crippen LogP contribution is -2.33. The van der Waals surface area contributed by atoms with Gasteiger partial charge in [-0.05, 0) is 49.1 Å². The minimum Gasteiger partial charge on any atom is -0.494 e. The van der Waals surface area contributed by atoms with Crippen LogP contribution in [0.5, 0.6) is 5.75 Å². The number of carbonyl (C=O) groups is 1. The fourth-order valence-electron chi connectivity index (χ4n) is 3.15.